The van der Waals surface area contributed by atoms with Crippen molar-refractivity contribution in [2.75, 3.05) is 5.32 Å². The molecule has 0 saturated heterocycles. The van der Waals surface area contributed by atoms with Crippen LogP contribution in [0.1, 0.15) is 33.1 Å². The third-order valence-electron chi connectivity index (χ3n) is 3.89. The lowest BCUT2D eigenvalue weighted by Crippen LogP contribution is -2.33. The summed E-state index contributed by atoms with van der Waals surface area (Å²) >= 11 is -0.0448. The molecule has 0 bridgehead atoms. The third-order valence-corrected chi connectivity index (χ3v) is 4.69. The molecule has 1 N–H and O–H groups in total. The van der Waals surface area contributed by atoms with E-state index in [1.807, 2.05) is 0 Å². The van der Waals surface area contributed by atoms with Crippen LogP contribution in [0.3, 0.4) is 0 Å². The molecule has 0 aliphatic heterocycles. The van der Waals surface area contributed by atoms with E-state index in [0.717, 1.165) is 19.3 Å². The maximum Gasteiger partial charge on any atom is 0.446 e. The van der Waals surface area contributed by atoms with Crippen molar-refractivity contribution in [3.63, 3.8) is 0 Å². The Morgan fingerprint density at radius 2 is 1.85 bits per heavy atom. The van der Waals surface area contributed by atoms with Crippen LogP contribution in [-0.4, -0.2) is 11.6 Å². The Morgan fingerprint density at radius 1 is 1.15 bits per heavy atom. The molecule has 1 aliphatic rings. The van der Waals surface area contributed by atoms with Gasteiger partial charge in [0.2, 0.25) is 0 Å². The first kappa shape index (κ1) is 15.5. The van der Waals surface area contributed by atoms with Crippen molar-refractivity contribution in [2.24, 2.45) is 11.8 Å². The fourth-order valence-electron chi connectivity index (χ4n) is 2.88. The third kappa shape index (κ3) is 4.33. The summed E-state index contributed by atoms with van der Waals surface area (Å²) in [5.74, 6) is 1.20. The summed E-state index contributed by atoms with van der Waals surface area (Å²) in [6.45, 7) is 4.41. The van der Waals surface area contributed by atoms with Gasteiger partial charge in [0.1, 0.15) is 0 Å². The predicted molar refractivity (Wildman–Crippen MR) is 77.9 cm³/mol. The molecule has 0 amide bonds. The predicted octanol–water partition coefficient (Wildman–Crippen LogP) is 5.54. The van der Waals surface area contributed by atoms with Crippen molar-refractivity contribution < 1.29 is 13.2 Å². The van der Waals surface area contributed by atoms with Crippen molar-refractivity contribution in [1.82, 2.24) is 0 Å². The van der Waals surface area contributed by atoms with Crippen LogP contribution in [0.15, 0.2) is 29.2 Å². The summed E-state index contributed by atoms with van der Waals surface area (Å²) < 4.78 is 37.7. The number of halogens is 3. The molecule has 1 aliphatic carbocycles. The summed E-state index contributed by atoms with van der Waals surface area (Å²) in [7, 11) is 0. The molecule has 20 heavy (non-hydrogen) atoms. The molecule has 5 heteroatoms. The molecule has 0 heterocycles. The summed E-state index contributed by atoms with van der Waals surface area (Å²) in [5, 5.41) is 3.32. The highest BCUT2D eigenvalue weighted by Gasteiger charge is 2.31. The van der Waals surface area contributed by atoms with Gasteiger partial charge in [-0.05, 0) is 55.0 Å². The van der Waals surface area contributed by atoms with Crippen LogP contribution >= 0.6 is 11.8 Å². The smallest absolute Gasteiger partial charge is 0.381 e. The molecular formula is C15H20F3NS. The van der Waals surface area contributed by atoms with E-state index in [2.05, 4.69) is 19.2 Å². The Morgan fingerprint density at radius 3 is 2.50 bits per heavy atom. The van der Waals surface area contributed by atoms with E-state index < -0.39 is 5.51 Å². The Hall–Kier alpha value is -0.840. The summed E-state index contributed by atoms with van der Waals surface area (Å²) in [6, 6.07) is 6.95. The first-order valence-corrected chi connectivity index (χ1v) is 7.78. The van der Waals surface area contributed by atoms with E-state index in [9.17, 15) is 13.2 Å². The minimum absolute atomic E-state index is 0.0448. The maximum atomic E-state index is 12.6. The quantitative estimate of drug-likeness (QED) is 0.736. The summed E-state index contributed by atoms with van der Waals surface area (Å²) in [6.07, 6.45) is 3.29. The lowest BCUT2D eigenvalue weighted by atomic mass is 9.80. The molecule has 1 fully saturated rings. The second-order valence-corrected chi connectivity index (χ2v) is 6.80. The van der Waals surface area contributed by atoms with E-state index in [-0.39, 0.29) is 22.7 Å². The molecule has 1 aromatic rings. The molecule has 3 unspecified atom stereocenters. The van der Waals surface area contributed by atoms with Crippen molar-refractivity contribution in [1.29, 1.82) is 0 Å². The minimum atomic E-state index is -4.25. The highest BCUT2D eigenvalue weighted by molar-refractivity contribution is 8.00. The number of hydrogen-bond acceptors (Lipinski definition) is 2. The van der Waals surface area contributed by atoms with Gasteiger partial charge in [-0.2, -0.15) is 13.2 Å². The second kappa shape index (κ2) is 6.29. The van der Waals surface area contributed by atoms with Gasteiger partial charge in [-0.15, -0.1) is 0 Å². The van der Waals surface area contributed by atoms with E-state index in [1.165, 1.54) is 6.07 Å². The van der Waals surface area contributed by atoms with Crippen molar-refractivity contribution in [3.05, 3.63) is 24.3 Å². The average Bonchev–Trinajstić information content (AvgIpc) is 2.33. The standard InChI is InChI=1S/C15H20F3NS/c1-10-7-8-12(11(2)9-10)19-13-5-3-4-6-14(13)20-15(16,17)18/h3-6,10-12,19H,7-9H2,1-2H3. The van der Waals surface area contributed by atoms with Crippen LogP contribution in [0, 0.1) is 11.8 Å². The molecule has 1 saturated carbocycles. The number of anilines is 1. The van der Waals surface area contributed by atoms with Gasteiger partial charge in [-0.25, -0.2) is 0 Å². The maximum absolute atomic E-state index is 12.6. The Kier molecular flexibility index (Phi) is 4.89. The zero-order valence-corrected chi connectivity index (χ0v) is 12.5. The fourth-order valence-corrected chi connectivity index (χ4v) is 3.51. The SMILES string of the molecule is CC1CCC(Nc2ccccc2SC(F)(F)F)C(C)C1. The molecular weight excluding hydrogens is 283 g/mol. The van der Waals surface area contributed by atoms with E-state index in [0.29, 0.717) is 17.5 Å². The largest absolute Gasteiger partial charge is 0.446 e. The molecule has 0 aromatic heterocycles. The zero-order chi connectivity index (χ0) is 14.8. The highest BCUT2D eigenvalue weighted by atomic mass is 32.2. The number of alkyl halides is 3. The highest BCUT2D eigenvalue weighted by Crippen LogP contribution is 2.41. The lowest BCUT2D eigenvalue weighted by Gasteiger charge is -2.34. The van der Waals surface area contributed by atoms with Gasteiger partial charge in [0, 0.05) is 16.6 Å². The van der Waals surface area contributed by atoms with E-state index in [4.69, 9.17) is 0 Å². The monoisotopic (exact) mass is 303 g/mol. The summed E-state index contributed by atoms with van der Waals surface area (Å²) in [5.41, 5.74) is -3.65. The second-order valence-electron chi connectivity index (χ2n) is 5.69. The van der Waals surface area contributed by atoms with Crippen LogP contribution in [0.4, 0.5) is 18.9 Å². The van der Waals surface area contributed by atoms with Crippen LogP contribution in [0.2, 0.25) is 0 Å². The normalized spacial score (nSPS) is 27.4. The molecule has 112 valence electrons. The number of hydrogen-bond donors (Lipinski definition) is 1. The van der Waals surface area contributed by atoms with Crippen LogP contribution in [0.25, 0.3) is 0 Å². The van der Waals surface area contributed by atoms with Gasteiger partial charge in [-0.3, -0.25) is 0 Å². The van der Waals surface area contributed by atoms with Gasteiger partial charge < -0.3 is 5.32 Å². The van der Waals surface area contributed by atoms with Crippen LogP contribution in [0.5, 0.6) is 0 Å². The van der Waals surface area contributed by atoms with Crippen LogP contribution < -0.4 is 5.32 Å². The van der Waals surface area contributed by atoms with Gasteiger partial charge in [0.25, 0.3) is 0 Å². The van der Waals surface area contributed by atoms with E-state index >= 15 is 0 Å². The lowest BCUT2D eigenvalue weighted by molar-refractivity contribution is -0.0327. The zero-order valence-electron chi connectivity index (χ0n) is 11.7. The minimum Gasteiger partial charge on any atom is -0.381 e. The van der Waals surface area contributed by atoms with Crippen molar-refractivity contribution >= 4 is 17.4 Å². The molecule has 2 rings (SSSR count). The van der Waals surface area contributed by atoms with Crippen molar-refractivity contribution in [3.8, 4) is 0 Å². The number of para-hydroxylation sites is 1. The number of benzene rings is 1. The Labute approximate surface area is 122 Å². The van der Waals surface area contributed by atoms with Gasteiger partial charge in [0.05, 0.1) is 0 Å². The van der Waals surface area contributed by atoms with Crippen molar-refractivity contribution in [2.45, 2.75) is 49.6 Å². The first-order chi connectivity index (χ1) is 9.35. The molecule has 3 atom stereocenters. The fraction of sp³-hybridized carbons (Fsp3) is 0.600. The molecule has 0 radical (unpaired) electrons. The van der Waals surface area contributed by atoms with E-state index in [1.54, 1.807) is 18.2 Å². The topological polar surface area (TPSA) is 12.0 Å². The summed E-state index contributed by atoms with van der Waals surface area (Å²) in [4.78, 5) is 0.255. The number of rotatable bonds is 3. The Bertz CT molecular complexity index is 447. The first-order valence-electron chi connectivity index (χ1n) is 6.96. The molecule has 1 aromatic carbocycles. The van der Waals surface area contributed by atoms with Gasteiger partial charge in [0.15, 0.2) is 0 Å². The molecule has 1 nitrogen and oxygen atoms in total. The van der Waals surface area contributed by atoms with Gasteiger partial charge in [-0.1, -0.05) is 26.0 Å². The molecule has 0 spiro atoms. The van der Waals surface area contributed by atoms with Gasteiger partial charge >= 0.3 is 5.51 Å². The average molecular weight is 303 g/mol. The van der Waals surface area contributed by atoms with Crippen LogP contribution in [-0.2, 0) is 0 Å². The number of thioether (sulfide) groups is 1. The number of nitrogens with one attached hydrogen (secondary N) is 1. The Balaban J connectivity index is 2.09.